The molecule has 22 heteroatoms. The van der Waals surface area contributed by atoms with Crippen LogP contribution in [-0.2, 0) is 30.4 Å². The zero-order valence-corrected chi connectivity index (χ0v) is 30.5. The number of hydrogen-bond acceptors (Lipinski definition) is 16. The lowest BCUT2D eigenvalue weighted by molar-refractivity contribution is 0.472. The Labute approximate surface area is 317 Å². The Bertz CT molecular complexity index is 2920. The van der Waals surface area contributed by atoms with E-state index in [2.05, 4.69) is 40.9 Å². The molecule has 0 aliphatic heterocycles. The summed E-state index contributed by atoms with van der Waals surface area (Å²) in [6, 6.07) is 26.1. The number of phenols is 1. The number of hydrogen-bond donors (Lipinski definition) is 5. The molecule has 56 heavy (non-hydrogen) atoms. The maximum Gasteiger partial charge on any atom is 0.296 e. The third-order valence-electron chi connectivity index (χ3n) is 7.58. The maximum atomic E-state index is 12.5. The molecule has 0 aromatic heterocycles. The number of nitrogen functional groups attached to an aromatic ring is 1. The van der Waals surface area contributed by atoms with Crippen LogP contribution in [0.5, 0.6) is 5.75 Å². The lowest BCUT2D eigenvalue weighted by Gasteiger charge is -2.11. The van der Waals surface area contributed by atoms with Crippen molar-refractivity contribution < 1.29 is 44.0 Å². The van der Waals surface area contributed by atoms with E-state index in [1.54, 1.807) is 24.3 Å². The van der Waals surface area contributed by atoms with Gasteiger partial charge in [0.1, 0.15) is 16.3 Å². The number of fused-ring (bicyclic) bond motifs is 1. The lowest BCUT2D eigenvalue weighted by Crippen LogP contribution is -1.99. The van der Waals surface area contributed by atoms with Gasteiger partial charge in [-0.25, -0.2) is 0 Å². The highest BCUT2D eigenvalue weighted by Gasteiger charge is 2.24. The molecule has 0 heterocycles. The van der Waals surface area contributed by atoms with Gasteiger partial charge in [-0.3, -0.25) is 13.7 Å². The Morgan fingerprint density at radius 2 is 0.714 bits per heavy atom. The molecule has 0 radical (unpaired) electrons. The summed E-state index contributed by atoms with van der Waals surface area (Å²) >= 11 is 0. The van der Waals surface area contributed by atoms with E-state index in [4.69, 9.17) is 14.8 Å². The molecule has 0 spiro atoms. The fraction of sp³-hybridized carbons (Fsp3) is 0. The SMILES string of the molecule is Nc1ccc2c(O)c(N=Nc3ccc(N=Nc4ccc(S(=O)(=O)O)cc4)cc3)c(S(=O)(=O)O)cc2c1N=Nc1ccc(N=Nc2ccc(S(=O)(=O)O)cc2)cc1. The molecule has 0 aliphatic carbocycles. The highest BCUT2D eigenvalue weighted by atomic mass is 32.2. The van der Waals surface area contributed by atoms with Gasteiger partial charge in [-0.15, -0.1) is 10.2 Å². The van der Waals surface area contributed by atoms with E-state index in [1.807, 2.05) is 0 Å². The molecule has 0 bridgehead atoms. The first kappa shape index (κ1) is 39.0. The van der Waals surface area contributed by atoms with Crippen LogP contribution in [0.15, 0.2) is 171 Å². The van der Waals surface area contributed by atoms with E-state index in [-0.39, 0.29) is 37.6 Å². The van der Waals surface area contributed by atoms with Crippen LogP contribution in [0.1, 0.15) is 0 Å². The van der Waals surface area contributed by atoms with Gasteiger partial charge in [-0.05, 0) is 115 Å². The predicted molar refractivity (Wildman–Crippen MR) is 202 cm³/mol. The standard InChI is InChI=1S/C34H25N9O10S3/c35-30-18-17-28-29(32(30)42-40-22-5-1-20(2-6-22)36-38-24-9-13-26(14-10-24)54(45,46)47)19-31(56(51,52)53)33(34(28)44)43-41-23-7-3-21(4-8-23)37-39-25-11-15-27(16-12-25)55(48,49)50/h1-19,44H,35H2,(H,45,46,47)(H,48,49,50)(H,51,52,53). The smallest absolute Gasteiger partial charge is 0.296 e. The molecule has 0 unspecified atom stereocenters. The van der Waals surface area contributed by atoms with E-state index >= 15 is 0 Å². The molecule has 6 rings (SSSR count). The second kappa shape index (κ2) is 15.6. The van der Waals surface area contributed by atoms with Gasteiger partial charge in [-0.1, -0.05) is 0 Å². The third kappa shape index (κ3) is 9.33. The Hall–Kier alpha value is -6.69. The van der Waals surface area contributed by atoms with Crippen molar-refractivity contribution >= 4 is 92.3 Å². The first-order chi connectivity index (χ1) is 26.5. The van der Waals surface area contributed by atoms with E-state index in [1.165, 1.54) is 84.9 Å². The Morgan fingerprint density at radius 3 is 1.05 bits per heavy atom. The number of nitrogens with zero attached hydrogens (tertiary/aromatic N) is 8. The summed E-state index contributed by atoms with van der Waals surface area (Å²) < 4.78 is 98.2. The molecule has 0 aliphatic rings. The number of nitrogens with two attached hydrogens (primary N) is 1. The Kier molecular flexibility index (Phi) is 10.9. The first-order valence-electron chi connectivity index (χ1n) is 15.5. The van der Waals surface area contributed by atoms with Crippen molar-refractivity contribution in [3.63, 3.8) is 0 Å². The van der Waals surface area contributed by atoms with E-state index in [9.17, 15) is 34.9 Å². The average molecular weight is 816 g/mol. The first-order valence-corrected chi connectivity index (χ1v) is 19.9. The molecule has 6 aromatic carbocycles. The molecule has 0 fully saturated rings. The van der Waals surface area contributed by atoms with Gasteiger partial charge in [0, 0.05) is 10.8 Å². The highest BCUT2D eigenvalue weighted by Crippen LogP contribution is 2.46. The molecule has 284 valence electrons. The summed E-state index contributed by atoms with van der Waals surface area (Å²) in [6.07, 6.45) is 0. The van der Waals surface area contributed by atoms with Gasteiger partial charge >= 0.3 is 0 Å². The zero-order chi connectivity index (χ0) is 40.3. The molecule has 0 saturated carbocycles. The molecule has 19 nitrogen and oxygen atoms in total. The fourth-order valence-electron chi connectivity index (χ4n) is 4.81. The van der Waals surface area contributed by atoms with Gasteiger partial charge in [0.05, 0.1) is 49.6 Å². The molecular formula is C34H25N9O10S3. The fourth-order valence-corrected chi connectivity index (χ4v) is 6.42. The van der Waals surface area contributed by atoms with Crippen LogP contribution in [0.3, 0.4) is 0 Å². The van der Waals surface area contributed by atoms with E-state index in [0.717, 1.165) is 6.07 Å². The van der Waals surface area contributed by atoms with Gasteiger partial charge in [0.25, 0.3) is 30.4 Å². The van der Waals surface area contributed by atoms with Crippen molar-refractivity contribution in [2.75, 3.05) is 5.73 Å². The van der Waals surface area contributed by atoms with E-state index < -0.39 is 46.7 Å². The number of phenolic OH excluding ortho intramolecular Hbond substituents is 1. The summed E-state index contributed by atoms with van der Waals surface area (Å²) in [7, 11) is -13.7. The van der Waals surface area contributed by atoms with Crippen molar-refractivity contribution in [2.45, 2.75) is 14.7 Å². The second-order valence-corrected chi connectivity index (χ2v) is 15.6. The van der Waals surface area contributed by atoms with Crippen LogP contribution in [-0.4, -0.2) is 44.0 Å². The van der Waals surface area contributed by atoms with Gasteiger partial charge in [-0.2, -0.15) is 55.9 Å². The van der Waals surface area contributed by atoms with Crippen molar-refractivity contribution in [2.24, 2.45) is 40.9 Å². The number of rotatable bonds is 11. The summed E-state index contributed by atoms with van der Waals surface area (Å²) in [5.41, 5.74) is 7.56. The van der Waals surface area contributed by atoms with E-state index in [0.29, 0.717) is 28.4 Å². The molecular weight excluding hydrogens is 791 g/mol. The van der Waals surface area contributed by atoms with Gasteiger partial charge in [0.15, 0.2) is 5.75 Å². The quantitative estimate of drug-likeness (QED) is 0.0465. The normalized spacial score (nSPS) is 12.8. The summed E-state index contributed by atoms with van der Waals surface area (Å²) in [4.78, 5) is -1.38. The highest BCUT2D eigenvalue weighted by molar-refractivity contribution is 7.86. The Balaban J connectivity index is 1.23. The predicted octanol–water partition coefficient (Wildman–Crippen LogP) is 9.53. The van der Waals surface area contributed by atoms with Gasteiger partial charge in [0.2, 0.25) is 0 Å². The lowest BCUT2D eigenvalue weighted by atomic mass is 10.1. The molecule has 0 atom stereocenters. The van der Waals surface area contributed by atoms with Crippen LogP contribution in [0.4, 0.5) is 51.2 Å². The minimum Gasteiger partial charge on any atom is -0.505 e. The molecule has 0 amide bonds. The minimum atomic E-state index is -5.00. The third-order valence-corrected chi connectivity index (χ3v) is 10.2. The zero-order valence-electron chi connectivity index (χ0n) is 28.1. The monoisotopic (exact) mass is 815 g/mol. The summed E-state index contributed by atoms with van der Waals surface area (Å²) in [6.45, 7) is 0. The van der Waals surface area contributed by atoms with Gasteiger partial charge < -0.3 is 10.8 Å². The minimum absolute atomic E-state index is 0.0191. The summed E-state index contributed by atoms with van der Waals surface area (Å²) in [5.74, 6) is -0.650. The Morgan fingerprint density at radius 1 is 0.393 bits per heavy atom. The largest absolute Gasteiger partial charge is 0.505 e. The van der Waals surface area contributed by atoms with Crippen molar-refractivity contribution in [3.8, 4) is 5.75 Å². The van der Waals surface area contributed by atoms with Crippen LogP contribution in [0.2, 0.25) is 0 Å². The van der Waals surface area contributed by atoms with Crippen LogP contribution in [0, 0.1) is 0 Å². The van der Waals surface area contributed by atoms with Crippen LogP contribution >= 0.6 is 0 Å². The number of anilines is 1. The van der Waals surface area contributed by atoms with Crippen molar-refractivity contribution in [1.29, 1.82) is 0 Å². The number of aromatic hydroxyl groups is 1. The topological polar surface area (TPSA) is 308 Å². The van der Waals surface area contributed by atoms with Crippen LogP contribution < -0.4 is 5.73 Å². The number of benzene rings is 6. The number of azo groups is 4. The second-order valence-electron chi connectivity index (χ2n) is 11.4. The summed E-state index contributed by atoms with van der Waals surface area (Å²) in [5, 5.41) is 43.6. The van der Waals surface area contributed by atoms with Crippen molar-refractivity contribution in [1.82, 2.24) is 0 Å². The maximum absolute atomic E-state index is 12.5. The average Bonchev–Trinajstić information content (AvgIpc) is 3.15. The van der Waals surface area contributed by atoms with Crippen molar-refractivity contribution in [3.05, 3.63) is 115 Å². The molecule has 0 saturated heterocycles. The molecule has 6 aromatic rings. The van der Waals surface area contributed by atoms with Crippen LogP contribution in [0.25, 0.3) is 10.8 Å². The molecule has 6 N–H and O–H groups in total.